The predicted octanol–water partition coefficient (Wildman–Crippen LogP) is 3.23. The molecular weight excluding hydrogens is 393 g/mol. The average Bonchev–Trinajstić information content (AvgIpc) is 3.13. The van der Waals surface area contributed by atoms with E-state index in [1.54, 1.807) is 0 Å². The van der Waals surface area contributed by atoms with Crippen LogP contribution in [0.1, 0.15) is 42.9 Å². The van der Waals surface area contributed by atoms with Gasteiger partial charge in [-0.15, -0.1) is 10.2 Å². The lowest BCUT2D eigenvalue weighted by Crippen LogP contribution is -2.48. The third-order valence-electron chi connectivity index (χ3n) is 6.36. The number of hydrogen-bond acceptors (Lipinski definition) is 4. The van der Waals surface area contributed by atoms with E-state index in [-0.39, 0.29) is 25.7 Å². The number of halogens is 5. The van der Waals surface area contributed by atoms with E-state index in [0.717, 1.165) is 16.7 Å². The third-order valence-corrected chi connectivity index (χ3v) is 6.36. The summed E-state index contributed by atoms with van der Waals surface area (Å²) in [5.41, 5.74) is 5.68. The van der Waals surface area contributed by atoms with Crippen molar-refractivity contribution in [3.05, 3.63) is 47.0 Å². The van der Waals surface area contributed by atoms with Gasteiger partial charge in [0, 0.05) is 31.1 Å². The molecule has 2 heterocycles. The van der Waals surface area contributed by atoms with Crippen LogP contribution in [0.4, 0.5) is 22.0 Å². The van der Waals surface area contributed by atoms with Crippen molar-refractivity contribution in [2.45, 2.75) is 56.4 Å². The first-order chi connectivity index (χ1) is 13.7. The van der Waals surface area contributed by atoms with Gasteiger partial charge in [-0.3, -0.25) is 4.90 Å². The molecule has 0 radical (unpaired) electrons. The second-order valence-electron chi connectivity index (χ2n) is 7.90. The van der Waals surface area contributed by atoms with E-state index < -0.39 is 29.1 Å². The van der Waals surface area contributed by atoms with Gasteiger partial charge in [0.25, 0.3) is 0 Å². The summed E-state index contributed by atoms with van der Waals surface area (Å²) in [6.07, 6.45) is -1.94. The zero-order valence-electron chi connectivity index (χ0n) is 15.7. The van der Waals surface area contributed by atoms with Gasteiger partial charge in [-0.1, -0.05) is 0 Å². The zero-order valence-corrected chi connectivity index (χ0v) is 15.7. The minimum Gasteiger partial charge on any atom is -0.330 e. The Bertz CT molecular complexity index is 886. The predicted molar refractivity (Wildman–Crippen MR) is 94.8 cm³/mol. The maximum atomic E-state index is 14.4. The van der Waals surface area contributed by atoms with Gasteiger partial charge in [0.05, 0.1) is 6.54 Å². The number of fused-ring (bicyclic) bond motifs is 1. The smallest absolute Gasteiger partial charge is 0.330 e. The standard InChI is InChI=1S/C19H22F5N5/c20-12-1-2-15(21)14(9-12)18(11-25)5-3-13(4-6-18)28-7-8-29-16(10-28)26-27-17(29)19(22,23)24/h1-2,9,13H,3-8,10-11,25H2. The van der Waals surface area contributed by atoms with Gasteiger partial charge in [0.2, 0.25) is 5.82 Å². The highest BCUT2D eigenvalue weighted by Gasteiger charge is 2.42. The Morgan fingerprint density at radius 1 is 1.10 bits per heavy atom. The summed E-state index contributed by atoms with van der Waals surface area (Å²) in [4.78, 5) is 2.10. The summed E-state index contributed by atoms with van der Waals surface area (Å²) >= 11 is 0. The van der Waals surface area contributed by atoms with Gasteiger partial charge in [0.1, 0.15) is 17.5 Å². The van der Waals surface area contributed by atoms with Gasteiger partial charge in [0.15, 0.2) is 0 Å². The molecule has 29 heavy (non-hydrogen) atoms. The summed E-state index contributed by atoms with van der Waals surface area (Å²) in [7, 11) is 0. The first kappa shape index (κ1) is 20.2. The maximum Gasteiger partial charge on any atom is 0.451 e. The molecule has 0 amide bonds. The highest BCUT2D eigenvalue weighted by atomic mass is 19.4. The number of benzene rings is 1. The van der Waals surface area contributed by atoms with Crippen LogP contribution in [0.25, 0.3) is 0 Å². The number of hydrogen-bond donors (Lipinski definition) is 1. The number of nitrogens with zero attached hydrogens (tertiary/aromatic N) is 4. The molecule has 5 nitrogen and oxygen atoms in total. The summed E-state index contributed by atoms with van der Waals surface area (Å²) in [5, 5.41) is 7.03. The van der Waals surface area contributed by atoms with Crippen molar-refractivity contribution in [2.75, 3.05) is 13.1 Å². The second-order valence-corrected chi connectivity index (χ2v) is 7.90. The van der Waals surface area contributed by atoms with Crippen LogP contribution in [0.3, 0.4) is 0 Å². The first-order valence-corrected chi connectivity index (χ1v) is 9.62. The lowest BCUT2D eigenvalue weighted by Gasteiger charge is -2.44. The van der Waals surface area contributed by atoms with E-state index in [1.165, 1.54) is 6.07 Å². The topological polar surface area (TPSA) is 60.0 Å². The van der Waals surface area contributed by atoms with Gasteiger partial charge in [-0.25, -0.2) is 8.78 Å². The number of aromatic nitrogens is 3. The van der Waals surface area contributed by atoms with Crippen molar-refractivity contribution in [3.8, 4) is 0 Å². The van der Waals surface area contributed by atoms with E-state index in [2.05, 4.69) is 15.1 Å². The molecule has 158 valence electrons. The second kappa shape index (κ2) is 7.32. The Balaban J connectivity index is 1.47. The lowest BCUT2D eigenvalue weighted by atomic mass is 9.67. The van der Waals surface area contributed by atoms with Gasteiger partial charge in [-0.2, -0.15) is 13.2 Å². The summed E-state index contributed by atoms with van der Waals surface area (Å²) < 4.78 is 68.2. The third kappa shape index (κ3) is 3.63. The minimum absolute atomic E-state index is 0.131. The van der Waals surface area contributed by atoms with Crippen molar-refractivity contribution >= 4 is 0 Å². The molecule has 1 fully saturated rings. The SMILES string of the molecule is NCC1(c2cc(F)ccc2F)CCC(N2CCn3c(nnc3C(F)(F)F)C2)CC1. The molecular formula is C19H22F5N5. The highest BCUT2D eigenvalue weighted by molar-refractivity contribution is 5.29. The minimum atomic E-state index is -4.52. The van der Waals surface area contributed by atoms with Gasteiger partial charge in [-0.05, 0) is 49.4 Å². The van der Waals surface area contributed by atoms with E-state index in [9.17, 15) is 22.0 Å². The van der Waals surface area contributed by atoms with Crippen LogP contribution in [0.5, 0.6) is 0 Å². The van der Waals surface area contributed by atoms with Crippen LogP contribution in [0, 0.1) is 11.6 Å². The van der Waals surface area contributed by atoms with E-state index in [4.69, 9.17) is 5.73 Å². The number of alkyl halides is 3. The van der Waals surface area contributed by atoms with Crippen molar-refractivity contribution in [1.82, 2.24) is 19.7 Å². The Morgan fingerprint density at radius 3 is 2.48 bits per heavy atom. The fourth-order valence-electron chi connectivity index (χ4n) is 4.71. The van der Waals surface area contributed by atoms with Crippen LogP contribution >= 0.6 is 0 Å². The Kier molecular flexibility index (Phi) is 5.10. The van der Waals surface area contributed by atoms with Crippen LogP contribution in [0.15, 0.2) is 18.2 Å². The quantitative estimate of drug-likeness (QED) is 0.782. The molecule has 1 aliphatic carbocycles. The van der Waals surface area contributed by atoms with Gasteiger partial charge >= 0.3 is 6.18 Å². The summed E-state index contributed by atoms with van der Waals surface area (Å²) in [6, 6.07) is 3.58. The van der Waals surface area contributed by atoms with E-state index >= 15 is 0 Å². The van der Waals surface area contributed by atoms with Crippen LogP contribution in [0.2, 0.25) is 0 Å². The fraction of sp³-hybridized carbons (Fsp3) is 0.579. The Labute approximate surface area is 164 Å². The molecule has 0 unspecified atom stereocenters. The lowest BCUT2D eigenvalue weighted by molar-refractivity contribution is -0.148. The normalized spacial score (nSPS) is 25.8. The molecule has 1 saturated carbocycles. The number of rotatable bonds is 3. The van der Waals surface area contributed by atoms with E-state index in [0.29, 0.717) is 43.6 Å². The monoisotopic (exact) mass is 415 g/mol. The maximum absolute atomic E-state index is 14.4. The molecule has 1 aromatic heterocycles. The highest BCUT2D eigenvalue weighted by Crippen LogP contribution is 2.42. The van der Waals surface area contributed by atoms with Crippen LogP contribution in [-0.2, 0) is 24.7 Å². The molecule has 0 saturated heterocycles. The molecule has 2 aliphatic rings. The molecule has 0 bridgehead atoms. The Hall–Kier alpha value is -2.07. The van der Waals surface area contributed by atoms with Crippen molar-refractivity contribution in [1.29, 1.82) is 0 Å². The molecule has 1 aliphatic heterocycles. The fourth-order valence-corrected chi connectivity index (χ4v) is 4.71. The molecule has 1 aromatic carbocycles. The Morgan fingerprint density at radius 2 is 1.83 bits per heavy atom. The molecule has 0 atom stereocenters. The summed E-state index contributed by atoms with van der Waals surface area (Å²) in [5.74, 6) is -1.61. The molecule has 2 N–H and O–H groups in total. The summed E-state index contributed by atoms with van der Waals surface area (Å²) in [6.45, 7) is 1.14. The molecule has 4 rings (SSSR count). The molecule has 0 spiro atoms. The first-order valence-electron chi connectivity index (χ1n) is 9.62. The zero-order chi connectivity index (χ0) is 20.8. The number of nitrogens with two attached hydrogens (primary N) is 1. The largest absolute Gasteiger partial charge is 0.451 e. The van der Waals surface area contributed by atoms with Crippen LogP contribution < -0.4 is 5.73 Å². The van der Waals surface area contributed by atoms with Crippen molar-refractivity contribution in [2.24, 2.45) is 5.73 Å². The average molecular weight is 415 g/mol. The van der Waals surface area contributed by atoms with Gasteiger partial charge < -0.3 is 10.3 Å². The van der Waals surface area contributed by atoms with Crippen molar-refractivity contribution < 1.29 is 22.0 Å². The molecule has 2 aromatic rings. The van der Waals surface area contributed by atoms with Crippen molar-refractivity contribution in [3.63, 3.8) is 0 Å². The van der Waals surface area contributed by atoms with Crippen LogP contribution in [-0.4, -0.2) is 38.8 Å². The van der Waals surface area contributed by atoms with E-state index in [1.807, 2.05) is 0 Å². The molecule has 10 heteroatoms.